The number of carboxylic acids is 1. The molecule has 1 atom stereocenters. The number of fused-ring (bicyclic) bond motifs is 1. The molecule has 2 aromatic carbocycles. The molecule has 106 valence electrons. The fourth-order valence-corrected chi connectivity index (χ4v) is 1.80. The monoisotopic (exact) mass is 284 g/mol. The number of benzene rings is 2. The molecule has 0 saturated carbocycles. The molecule has 0 aromatic heterocycles. The third-order valence-corrected chi connectivity index (χ3v) is 2.85. The second-order valence-electron chi connectivity index (χ2n) is 4.22. The molecule has 0 bridgehead atoms. The van der Waals surface area contributed by atoms with E-state index >= 15 is 0 Å². The van der Waals surface area contributed by atoms with Crippen molar-refractivity contribution in [1.82, 2.24) is 0 Å². The predicted molar refractivity (Wildman–Crippen MR) is 66.6 cm³/mol. The van der Waals surface area contributed by atoms with Crippen molar-refractivity contribution in [1.29, 1.82) is 0 Å². The van der Waals surface area contributed by atoms with E-state index in [4.69, 9.17) is 9.84 Å². The Hall–Kier alpha value is -2.24. The quantitative estimate of drug-likeness (QED) is 0.935. The minimum atomic E-state index is -4.84. The van der Waals surface area contributed by atoms with Crippen molar-refractivity contribution in [3.05, 3.63) is 42.5 Å². The second-order valence-corrected chi connectivity index (χ2v) is 4.22. The zero-order valence-electron chi connectivity index (χ0n) is 10.2. The highest BCUT2D eigenvalue weighted by Crippen LogP contribution is 2.30. The fourth-order valence-electron chi connectivity index (χ4n) is 1.80. The topological polar surface area (TPSA) is 46.5 Å². The van der Waals surface area contributed by atoms with Gasteiger partial charge < -0.3 is 9.84 Å². The van der Waals surface area contributed by atoms with Crippen LogP contribution in [0.2, 0.25) is 0 Å². The number of aliphatic carboxylic acids is 1. The third-order valence-electron chi connectivity index (χ3n) is 2.85. The molecule has 1 unspecified atom stereocenters. The van der Waals surface area contributed by atoms with E-state index < -0.39 is 24.7 Å². The van der Waals surface area contributed by atoms with Crippen LogP contribution < -0.4 is 4.74 Å². The van der Waals surface area contributed by atoms with Gasteiger partial charge >= 0.3 is 12.1 Å². The largest absolute Gasteiger partial charge is 0.492 e. The molecule has 6 heteroatoms. The van der Waals surface area contributed by atoms with E-state index in [1.54, 1.807) is 36.4 Å². The first-order valence-electron chi connectivity index (χ1n) is 5.79. The summed E-state index contributed by atoms with van der Waals surface area (Å²) in [5.41, 5.74) is 0. The lowest BCUT2D eigenvalue weighted by molar-refractivity contribution is -0.198. The molecule has 20 heavy (non-hydrogen) atoms. The van der Waals surface area contributed by atoms with Crippen LogP contribution in [0.5, 0.6) is 5.75 Å². The summed E-state index contributed by atoms with van der Waals surface area (Å²) in [5.74, 6) is -4.25. The Bertz CT molecular complexity index is 617. The Morgan fingerprint density at radius 2 is 1.80 bits per heavy atom. The van der Waals surface area contributed by atoms with Gasteiger partial charge in [0.15, 0.2) is 5.92 Å². The summed E-state index contributed by atoms with van der Waals surface area (Å²) < 4.78 is 42.6. The Kier molecular flexibility index (Phi) is 3.83. The predicted octanol–water partition coefficient (Wildman–Crippen LogP) is 3.48. The van der Waals surface area contributed by atoms with Crippen LogP contribution in [0.4, 0.5) is 13.2 Å². The van der Waals surface area contributed by atoms with Crippen molar-refractivity contribution in [3.63, 3.8) is 0 Å². The molecule has 0 spiro atoms. The zero-order chi connectivity index (χ0) is 14.8. The fraction of sp³-hybridized carbons (Fsp3) is 0.214. The van der Waals surface area contributed by atoms with Crippen molar-refractivity contribution >= 4 is 16.7 Å². The smallest absolute Gasteiger partial charge is 0.405 e. The number of ether oxygens (including phenoxy) is 1. The number of hydrogen-bond donors (Lipinski definition) is 1. The molecule has 0 aliphatic carbocycles. The normalized spacial score (nSPS) is 13.2. The van der Waals surface area contributed by atoms with Gasteiger partial charge in [-0.1, -0.05) is 36.4 Å². The lowest BCUT2D eigenvalue weighted by atomic mass is 10.1. The minimum absolute atomic E-state index is 0.235. The van der Waals surface area contributed by atoms with Gasteiger partial charge in [0.05, 0.1) is 0 Å². The van der Waals surface area contributed by atoms with Crippen LogP contribution in [0.3, 0.4) is 0 Å². The average molecular weight is 284 g/mol. The summed E-state index contributed by atoms with van der Waals surface area (Å²) in [6.45, 7) is -0.952. The van der Waals surface area contributed by atoms with Crippen LogP contribution in [0.25, 0.3) is 10.8 Å². The molecule has 2 rings (SSSR count). The molecular weight excluding hydrogens is 273 g/mol. The summed E-state index contributed by atoms with van der Waals surface area (Å²) in [4.78, 5) is 10.6. The Morgan fingerprint density at radius 1 is 1.15 bits per heavy atom. The van der Waals surface area contributed by atoms with Gasteiger partial charge in [0, 0.05) is 5.39 Å². The third kappa shape index (κ3) is 3.01. The molecule has 1 N–H and O–H groups in total. The van der Waals surface area contributed by atoms with Crippen molar-refractivity contribution in [3.8, 4) is 5.75 Å². The first-order chi connectivity index (χ1) is 9.39. The van der Waals surface area contributed by atoms with E-state index in [0.29, 0.717) is 5.39 Å². The Morgan fingerprint density at radius 3 is 2.45 bits per heavy atom. The molecule has 3 nitrogen and oxygen atoms in total. The molecule has 0 fully saturated rings. The van der Waals surface area contributed by atoms with Gasteiger partial charge in [-0.15, -0.1) is 0 Å². The maximum absolute atomic E-state index is 12.5. The number of halogens is 3. The zero-order valence-corrected chi connectivity index (χ0v) is 10.2. The van der Waals surface area contributed by atoms with E-state index in [1.807, 2.05) is 0 Å². The molecule has 0 saturated heterocycles. The lowest BCUT2D eigenvalue weighted by Gasteiger charge is -2.17. The number of alkyl halides is 3. The van der Waals surface area contributed by atoms with Crippen molar-refractivity contribution in [2.75, 3.05) is 6.61 Å². The van der Waals surface area contributed by atoms with Gasteiger partial charge in [0.2, 0.25) is 0 Å². The van der Waals surface area contributed by atoms with E-state index in [-0.39, 0.29) is 5.75 Å². The number of rotatable bonds is 4. The number of carboxylic acid groups (broad SMARTS) is 1. The lowest BCUT2D eigenvalue weighted by Crippen LogP contribution is -2.35. The van der Waals surface area contributed by atoms with Gasteiger partial charge in [0.1, 0.15) is 12.4 Å². The van der Waals surface area contributed by atoms with Crippen molar-refractivity contribution in [2.45, 2.75) is 6.18 Å². The SMILES string of the molecule is O=C(O)C(COc1cccc2ccccc12)C(F)(F)F. The maximum Gasteiger partial charge on any atom is 0.405 e. The van der Waals surface area contributed by atoms with Crippen molar-refractivity contribution in [2.24, 2.45) is 5.92 Å². The van der Waals surface area contributed by atoms with Gasteiger partial charge in [-0.25, -0.2) is 0 Å². The van der Waals surface area contributed by atoms with Crippen LogP contribution in [-0.2, 0) is 4.79 Å². The summed E-state index contributed by atoms with van der Waals surface area (Å²) in [6, 6.07) is 12.0. The Balaban J connectivity index is 2.22. The second kappa shape index (κ2) is 5.40. The molecule has 0 amide bonds. The number of hydrogen-bond acceptors (Lipinski definition) is 2. The first kappa shape index (κ1) is 14.2. The van der Waals surface area contributed by atoms with Gasteiger partial charge in [0.25, 0.3) is 0 Å². The summed E-state index contributed by atoms with van der Waals surface area (Å²) in [5, 5.41) is 10.0. The van der Waals surface area contributed by atoms with Gasteiger partial charge in [-0.05, 0) is 11.5 Å². The summed E-state index contributed by atoms with van der Waals surface area (Å²) in [6.07, 6.45) is -4.84. The van der Waals surface area contributed by atoms with Crippen LogP contribution in [0.1, 0.15) is 0 Å². The first-order valence-corrected chi connectivity index (χ1v) is 5.79. The molecule has 0 aliphatic rings. The highest BCUT2D eigenvalue weighted by atomic mass is 19.4. The minimum Gasteiger partial charge on any atom is -0.492 e. The van der Waals surface area contributed by atoms with E-state index in [2.05, 4.69) is 0 Å². The molecule has 0 radical (unpaired) electrons. The standard InChI is InChI=1S/C14H11F3O3/c15-14(16,17)11(13(18)19)8-20-12-7-3-5-9-4-1-2-6-10(9)12/h1-7,11H,8H2,(H,18,19). The van der Waals surface area contributed by atoms with Gasteiger partial charge in [-0.3, -0.25) is 4.79 Å². The maximum atomic E-state index is 12.5. The van der Waals surface area contributed by atoms with Crippen LogP contribution in [-0.4, -0.2) is 23.9 Å². The van der Waals surface area contributed by atoms with Crippen LogP contribution in [0, 0.1) is 5.92 Å². The average Bonchev–Trinajstić information content (AvgIpc) is 2.37. The van der Waals surface area contributed by atoms with Crippen LogP contribution >= 0.6 is 0 Å². The van der Waals surface area contributed by atoms with E-state index in [0.717, 1.165) is 5.39 Å². The molecule has 2 aromatic rings. The highest BCUT2D eigenvalue weighted by Gasteiger charge is 2.45. The highest BCUT2D eigenvalue weighted by molar-refractivity contribution is 5.88. The molecule has 0 heterocycles. The summed E-state index contributed by atoms with van der Waals surface area (Å²) in [7, 11) is 0. The van der Waals surface area contributed by atoms with Crippen molar-refractivity contribution < 1.29 is 27.8 Å². The van der Waals surface area contributed by atoms with E-state index in [1.165, 1.54) is 6.07 Å². The van der Waals surface area contributed by atoms with Gasteiger partial charge in [-0.2, -0.15) is 13.2 Å². The summed E-state index contributed by atoms with van der Waals surface area (Å²) >= 11 is 0. The Labute approximate surface area is 112 Å². The molecule has 0 aliphatic heterocycles. The van der Waals surface area contributed by atoms with Crippen LogP contribution in [0.15, 0.2) is 42.5 Å². The number of carbonyl (C=O) groups is 1. The van der Waals surface area contributed by atoms with E-state index in [9.17, 15) is 18.0 Å². The molecular formula is C14H11F3O3.